The van der Waals surface area contributed by atoms with E-state index in [0.29, 0.717) is 0 Å². The minimum absolute atomic E-state index is 0.535. The Hall–Kier alpha value is -1.47. The summed E-state index contributed by atoms with van der Waals surface area (Å²) in [5, 5.41) is 1.77. The second-order valence-electron chi connectivity index (χ2n) is 2.12. The van der Waals surface area contributed by atoms with Crippen molar-refractivity contribution in [3.63, 3.8) is 0 Å². The predicted octanol–water partition coefficient (Wildman–Crippen LogP) is 0.448. The number of ether oxygens (including phenoxy) is 2. The van der Waals surface area contributed by atoms with Crippen LogP contribution < -0.4 is 5.32 Å². The van der Waals surface area contributed by atoms with Crippen molar-refractivity contribution in [2.24, 2.45) is 0 Å². The molecule has 1 N–H and O–H groups in total. The quantitative estimate of drug-likeness (QED) is 0.694. The maximum Gasteiger partial charge on any atom is 0.422 e. The van der Waals surface area contributed by atoms with Gasteiger partial charge in [0, 0.05) is 0 Å². The second-order valence-corrected chi connectivity index (χ2v) is 2.12. The number of methoxy groups -OCH3 is 1. The number of carbonyl (C=O) groups is 2. The molecule has 0 unspecified atom stereocenters. The summed E-state index contributed by atoms with van der Waals surface area (Å²) in [7, 11) is 1.07. The van der Waals surface area contributed by atoms with Crippen molar-refractivity contribution < 1.29 is 32.2 Å². The molecule has 0 aliphatic rings. The third-order valence-electron chi connectivity index (χ3n) is 0.972. The van der Waals surface area contributed by atoms with Crippen LogP contribution in [0.2, 0.25) is 0 Å². The number of esters is 1. The lowest BCUT2D eigenvalue weighted by Gasteiger charge is -2.07. The first-order chi connectivity index (χ1) is 6.35. The number of alkyl carbamates (subject to hydrolysis) is 1. The van der Waals surface area contributed by atoms with Gasteiger partial charge >= 0.3 is 18.2 Å². The van der Waals surface area contributed by atoms with Gasteiger partial charge in [-0.25, -0.2) is 4.79 Å². The number of amides is 1. The molecule has 0 radical (unpaired) electrons. The first-order valence-electron chi connectivity index (χ1n) is 3.39. The van der Waals surface area contributed by atoms with Crippen LogP contribution in [0.3, 0.4) is 0 Å². The van der Waals surface area contributed by atoms with E-state index in [1.54, 1.807) is 5.32 Å². The Balaban J connectivity index is 3.62. The zero-order valence-corrected chi connectivity index (χ0v) is 7.18. The Labute approximate surface area is 77.2 Å². The van der Waals surface area contributed by atoms with Gasteiger partial charge in [0.2, 0.25) is 0 Å². The smallest absolute Gasteiger partial charge is 0.422 e. The average molecular weight is 215 g/mol. The van der Waals surface area contributed by atoms with E-state index >= 15 is 0 Å². The van der Waals surface area contributed by atoms with Crippen molar-refractivity contribution in [2.75, 3.05) is 20.3 Å². The second kappa shape index (κ2) is 5.30. The number of halogens is 3. The molecule has 0 rings (SSSR count). The highest BCUT2D eigenvalue weighted by Gasteiger charge is 2.29. The molecule has 0 aliphatic heterocycles. The summed E-state index contributed by atoms with van der Waals surface area (Å²) in [6.07, 6.45) is -5.91. The molecule has 0 bridgehead atoms. The summed E-state index contributed by atoms with van der Waals surface area (Å²) in [5.74, 6) is -0.783. The number of rotatable bonds is 3. The Kier molecular flexibility index (Phi) is 4.74. The summed E-state index contributed by atoms with van der Waals surface area (Å²) < 4.78 is 42.3. The van der Waals surface area contributed by atoms with Gasteiger partial charge < -0.3 is 14.8 Å². The first kappa shape index (κ1) is 12.5. The molecule has 5 nitrogen and oxygen atoms in total. The third-order valence-corrected chi connectivity index (χ3v) is 0.972. The van der Waals surface area contributed by atoms with Gasteiger partial charge in [-0.05, 0) is 0 Å². The first-order valence-corrected chi connectivity index (χ1v) is 3.39. The van der Waals surface area contributed by atoms with E-state index in [0.717, 1.165) is 7.11 Å². The van der Waals surface area contributed by atoms with E-state index < -0.39 is 31.4 Å². The Morgan fingerprint density at radius 3 is 2.36 bits per heavy atom. The van der Waals surface area contributed by atoms with Crippen LogP contribution in [0.4, 0.5) is 18.0 Å². The van der Waals surface area contributed by atoms with Gasteiger partial charge in [0.15, 0.2) is 6.61 Å². The van der Waals surface area contributed by atoms with E-state index in [2.05, 4.69) is 9.47 Å². The molecule has 0 heterocycles. The summed E-state index contributed by atoms with van der Waals surface area (Å²) in [4.78, 5) is 20.9. The number of alkyl halides is 3. The number of nitrogens with one attached hydrogen (secondary N) is 1. The van der Waals surface area contributed by atoms with Crippen LogP contribution in [0.15, 0.2) is 0 Å². The standard InChI is InChI=1S/C6H8F3NO4/c1-13-4(11)2-10-5(12)14-3-6(7,8)9/h2-3H2,1H3,(H,10,12). The monoisotopic (exact) mass is 215 g/mol. The fourth-order valence-corrected chi connectivity index (χ4v) is 0.415. The molecule has 0 atom stereocenters. The van der Waals surface area contributed by atoms with Gasteiger partial charge in [-0.3, -0.25) is 4.79 Å². The molecule has 82 valence electrons. The maximum atomic E-state index is 11.5. The molecule has 0 aromatic rings. The molecule has 0 aromatic carbocycles. The van der Waals surface area contributed by atoms with Gasteiger partial charge in [0.1, 0.15) is 6.54 Å². The van der Waals surface area contributed by atoms with Gasteiger partial charge in [-0.1, -0.05) is 0 Å². The van der Waals surface area contributed by atoms with Gasteiger partial charge in [0.05, 0.1) is 7.11 Å². The molecular weight excluding hydrogens is 207 g/mol. The largest absolute Gasteiger partial charge is 0.468 e. The molecular formula is C6H8F3NO4. The lowest BCUT2D eigenvalue weighted by Crippen LogP contribution is -2.33. The average Bonchev–Trinajstić information content (AvgIpc) is 2.09. The van der Waals surface area contributed by atoms with Crippen LogP contribution in [0, 0.1) is 0 Å². The summed E-state index contributed by atoms with van der Waals surface area (Å²) in [6, 6.07) is 0. The summed E-state index contributed by atoms with van der Waals surface area (Å²) in [5.41, 5.74) is 0. The molecule has 0 aromatic heterocycles. The molecule has 14 heavy (non-hydrogen) atoms. The van der Waals surface area contributed by atoms with Crippen molar-refractivity contribution in [3.05, 3.63) is 0 Å². The molecule has 0 saturated heterocycles. The lowest BCUT2D eigenvalue weighted by atomic mass is 10.6. The maximum absolute atomic E-state index is 11.5. The topological polar surface area (TPSA) is 64.6 Å². The van der Waals surface area contributed by atoms with Crippen LogP contribution >= 0.6 is 0 Å². The van der Waals surface area contributed by atoms with Crippen LogP contribution in [0.1, 0.15) is 0 Å². The Bertz CT molecular complexity index is 216. The van der Waals surface area contributed by atoms with Gasteiger partial charge in [-0.2, -0.15) is 13.2 Å². The molecule has 0 saturated carbocycles. The predicted molar refractivity (Wildman–Crippen MR) is 37.4 cm³/mol. The van der Waals surface area contributed by atoms with Crippen LogP contribution in [-0.4, -0.2) is 38.5 Å². The van der Waals surface area contributed by atoms with E-state index in [4.69, 9.17) is 0 Å². The van der Waals surface area contributed by atoms with Crippen molar-refractivity contribution in [1.29, 1.82) is 0 Å². The molecule has 0 spiro atoms. The highest BCUT2D eigenvalue weighted by Crippen LogP contribution is 2.14. The Morgan fingerprint density at radius 1 is 1.36 bits per heavy atom. The number of hydrogen-bond acceptors (Lipinski definition) is 4. The summed E-state index contributed by atoms with van der Waals surface area (Å²) >= 11 is 0. The fraction of sp³-hybridized carbons (Fsp3) is 0.667. The van der Waals surface area contributed by atoms with Crippen molar-refractivity contribution in [1.82, 2.24) is 5.32 Å². The Morgan fingerprint density at radius 2 is 1.93 bits per heavy atom. The molecule has 1 amide bonds. The number of hydrogen-bond donors (Lipinski definition) is 1. The van der Waals surface area contributed by atoms with E-state index in [9.17, 15) is 22.8 Å². The lowest BCUT2D eigenvalue weighted by molar-refractivity contribution is -0.160. The zero-order valence-electron chi connectivity index (χ0n) is 7.18. The highest BCUT2D eigenvalue weighted by molar-refractivity contribution is 5.77. The van der Waals surface area contributed by atoms with Crippen molar-refractivity contribution in [3.8, 4) is 0 Å². The van der Waals surface area contributed by atoms with Crippen molar-refractivity contribution in [2.45, 2.75) is 6.18 Å². The highest BCUT2D eigenvalue weighted by atomic mass is 19.4. The van der Waals surface area contributed by atoms with E-state index in [-0.39, 0.29) is 0 Å². The van der Waals surface area contributed by atoms with Crippen LogP contribution in [-0.2, 0) is 14.3 Å². The minimum atomic E-state index is -4.58. The van der Waals surface area contributed by atoms with Gasteiger partial charge in [0.25, 0.3) is 0 Å². The van der Waals surface area contributed by atoms with Crippen molar-refractivity contribution >= 4 is 12.1 Å². The molecule has 0 fully saturated rings. The van der Waals surface area contributed by atoms with Crippen LogP contribution in [0.25, 0.3) is 0 Å². The van der Waals surface area contributed by atoms with E-state index in [1.165, 1.54) is 0 Å². The molecule has 0 aliphatic carbocycles. The van der Waals surface area contributed by atoms with Crippen LogP contribution in [0.5, 0.6) is 0 Å². The molecule has 8 heteroatoms. The zero-order chi connectivity index (χ0) is 11.2. The van der Waals surface area contributed by atoms with Gasteiger partial charge in [-0.15, -0.1) is 0 Å². The fourth-order valence-electron chi connectivity index (χ4n) is 0.415. The minimum Gasteiger partial charge on any atom is -0.468 e. The summed E-state index contributed by atoms with van der Waals surface area (Å²) in [6.45, 7) is -2.23. The normalized spacial score (nSPS) is 10.6. The SMILES string of the molecule is COC(=O)CNC(=O)OCC(F)(F)F. The third kappa shape index (κ3) is 7.19. The van der Waals surface area contributed by atoms with E-state index in [1.807, 2.05) is 0 Å². The number of carbonyl (C=O) groups excluding carboxylic acids is 2.